The Morgan fingerprint density at radius 1 is 1.45 bits per heavy atom. The number of nitrogens with one attached hydrogen (secondary N) is 1. The fraction of sp³-hybridized carbons (Fsp3) is 0.857. The molecule has 0 rings (SSSR count). The molecular weight excluding hydrogens is 140 g/mol. The fourth-order valence-corrected chi connectivity index (χ4v) is 0.440. The number of hydrogen-bond donors (Lipinski definition) is 3. The van der Waals surface area contributed by atoms with Crippen LogP contribution in [0.1, 0.15) is 27.7 Å². The third-order valence-electron chi connectivity index (χ3n) is 1.73. The van der Waals surface area contributed by atoms with E-state index < -0.39 is 0 Å². The molecule has 0 aromatic heterocycles. The van der Waals surface area contributed by atoms with Gasteiger partial charge in [-0.2, -0.15) is 0 Å². The zero-order chi connectivity index (χ0) is 9.07. The highest BCUT2D eigenvalue weighted by Crippen LogP contribution is 2.21. The van der Waals surface area contributed by atoms with Crippen LogP contribution in [0, 0.1) is 5.41 Å². The Balaban J connectivity index is 4.17. The number of nitrogens with zero attached hydrogens (tertiary/aromatic N) is 1. The van der Waals surface area contributed by atoms with Gasteiger partial charge in [-0.15, -0.1) is 0 Å². The van der Waals surface area contributed by atoms with Gasteiger partial charge in [0.05, 0.1) is 6.04 Å². The number of aliphatic imine (C=N–C) groups is 1. The SMILES string of the molecule is CC(N=C(N)NN)C(C)(C)C. The molecule has 4 heteroatoms. The van der Waals surface area contributed by atoms with Crippen LogP contribution in [0.2, 0.25) is 0 Å². The lowest BCUT2D eigenvalue weighted by atomic mass is 9.89. The van der Waals surface area contributed by atoms with Gasteiger partial charge in [0.15, 0.2) is 0 Å². The molecule has 0 heterocycles. The van der Waals surface area contributed by atoms with Crippen LogP contribution in [0.25, 0.3) is 0 Å². The van der Waals surface area contributed by atoms with E-state index >= 15 is 0 Å². The first-order valence-corrected chi connectivity index (χ1v) is 3.68. The number of hydrogen-bond acceptors (Lipinski definition) is 2. The highest BCUT2D eigenvalue weighted by Gasteiger charge is 2.18. The van der Waals surface area contributed by atoms with Crippen molar-refractivity contribution in [1.82, 2.24) is 5.43 Å². The van der Waals surface area contributed by atoms with Gasteiger partial charge in [-0.1, -0.05) is 20.8 Å². The van der Waals surface area contributed by atoms with Gasteiger partial charge in [-0.05, 0) is 12.3 Å². The molecule has 4 nitrogen and oxygen atoms in total. The van der Waals surface area contributed by atoms with Gasteiger partial charge in [0, 0.05) is 0 Å². The minimum Gasteiger partial charge on any atom is -0.369 e. The lowest BCUT2D eigenvalue weighted by Crippen LogP contribution is -2.39. The van der Waals surface area contributed by atoms with E-state index in [-0.39, 0.29) is 17.4 Å². The Hall–Kier alpha value is -0.770. The Labute approximate surface area is 68.0 Å². The molecule has 0 aromatic rings. The van der Waals surface area contributed by atoms with Crippen molar-refractivity contribution in [2.45, 2.75) is 33.7 Å². The predicted molar refractivity (Wildman–Crippen MR) is 47.9 cm³/mol. The predicted octanol–water partition coefficient (Wildman–Crippen LogP) is 0.199. The average molecular weight is 158 g/mol. The van der Waals surface area contributed by atoms with Crippen LogP contribution in [-0.4, -0.2) is 12.0 Å². The van der Waals surface area contributed by atoms with Gasteiger partial charge >= 0.3 is 0 Å². The maximum Gasteiger partial charge on any atom is 0.203 e. The van der Waals surface area contributed by atoms with Crippen LogP contribution in [0.3, 0.4) is 0 Å². The van der Waals surface area contributed by atoms with Gasteiger partial charge in [0.25, 0.3) is 0 Å². The maximum atomic E-state index is 5.38. The van der Waals surface area contributed by atoms with Crippen LogP contribution < -0.4 is 17.0 Å². The van der Waals surface area contributed by atoms with E-state index in [0.29, 0.717) is 0 Å². The van der Waals surface area contributed by atoms with E-state index in [9.17, 15) is 0 Å². The first-order valence-electron chi connectivity index (χ1n) is 3.68. The third kappa shape index (κ3) is 3.83. The highest BCUT2D eigenvalue weighted by molar-refractivity contribution is 5.77. The monoisotopic (exact) mass is 158 g/mol. The van der Waals surface area contributed by atoms with E-state index in [1.807, 2.05) is 6.92 Å². The van der Waals surface area contributed by atoms with Gasteiger partial charge < -0.3 is 5.73 Å². The number of guanidine groups is 1. The normalized spacial score (nSPS) is 16.3. The van der Waals surface area contributed by atoms with Gasteiger partial charge in [0.2, 0.25) is 5.96 Å². The Morgan fingerprint density at radius 2 is 1.91 bits per heavy atom. The second-order valence-electron chi connectivity index (χ2n) is 3.70. The lowest BCUT2D eigenvalue weighted by molar-refractivity contribution is 0.341. The average Bonchev–Trinajstić information content (AvgIpc) is 1.85. The van der Waals surface area contributed by atoms with Gasteiger partial charge in [-0.3, -0.25) is 5.43 Å². The number of nitrogens with two attached hydrogens (primary N) is 2. The molecule has 0 amide bonds. The highest BCUT2D eigenvalue weighted by atomic mass is 15.3. The molecule has 1 unspecified atom stereocenters. The zero-order valence-electron chi connectivity index (χ0n) is 7.68. The van der Waals surface area contributed by atoms with Crippen molar-refractivity contribution in [3.63, 3.8) is 0 Å². The van der Waals surface area contributed by atoms with E-state index in [0.717, 1.165) is 0 Å². The van der Waals surface area contributed by atoms with Crippen molar-refractivity contribution in [2.24, 2.45) is 22.0 Å². The maximum absolute atomic E-state index is 5.38. The van der Waals surface area contributed by atoms with Crippen molar-refractivity contribution in [3.05, 3.63) is 0 Å². The van der Waals surface area contributed by atoms with Crippen molar-refractivity contribution in [3.8, 4) is 0 Å². The Morgan fingerprint density at radius 3 is 2.18 bits per heavy atom. The largest absolute Gasteiger partial charge is 0.369 e. The Bertz CT molecular complexity index is 145. The summed E-state index contributed by atoms with van der Waals surface area (Å²) in [7, 11) is 0. The zero-order valence-corrected chi connectivity index (χ0v) is 7.68. The minimum atomic E-state index is 0.126. The smallest absolute Gasteiger partial charge is 0.203 e. The molecule has 0 spiro atoms. The molecule has 0 radical (unpaired) electrons. The van der Waals surface area contributed by atoms with Crippen LogP contribution >= 0.6 is 0 Å². The summed E-state index contributed by atoms with van der Waals surface area (Å²) in [4.78, 5) is 4.12. The van der Waals surface area contributed by atoms with Crippen LogP contribution in [0.15, 0.2) is 4.99 Å². The molecule has 0 aliphatic heterocycles. The second kappa shape index (κ2) is 3.57. The summed E-state index contributed by atoms with van der Waals surface area (Å²) < 4.78 is 0. The lowest BCUT2D eigenvalue weighted by Gasteiger charge is -2.23. The molecule has 66 valence electrons. The summed E-state index contributed by atoms with van der Waals surface area (Å²) in [6.45, 7) is 8.31. The quantitative estimate of drug-likeness (QED) is 0.221. The summed E-state index contributed by atoms with van der Waals surface area (Å²) in [6, 6.07) is 0.165. The summed E-state index contributed by atoms with van der Waals surface area (Å²) >= 11 is 0. The third-order valence-corrected chi connectivity index (χ3v) is 1.73. The minimum absolute atomic E-state index is 0.126. The fourth-order valence-electron chi connectivity index (χ4n) is 0.440. The molecule has 5 N–H and O–H groups in total. The van der Waals surface area contributed by atoms with E-state index in [1.165, 1.54) is 0 Å². The number of hydrazine groups is 1. The second-order valence-corrected chi connectivity index (χ2v) is 3.70. The molecule has 1 atom stereocenters. The van der Waals surface area contributed by atoms with Crippen molar-refractivity contribution < 1.29 is 0 Å². The van der Waals surface area contributed by atoms with Crippen LogP contribution in [0.4, 0.5) is 0 Å². The summed E-state index contributed by atoms with van der Waals surface area (Å²) in [5.41, 5.74) is 7.81. The summed E-state index contributed by atoms with van der Waals surface area (Å²) in [5.74, 6) is 5.34. The molecule has 0 saturated heterocycles. The first-order chi connectivity index (χ1) is 4.88. The molecule has 0 aromatic carbocycles. The summed E-state index contributed by atoms with van der Waals surface area (Å²) in [6.07, 6.45) is 0. The van der Waals surface area contributed by atoms with Gasteiger partial charge in [-0.25, -0.2) is 10.8 Å². The molecule has 0 bridgehead atoms. The molecule has 11 heavy (non-hydrogen) atoms. The molecular formula is C7H18N4. The van der Waals surface area contributed by atoms with Crippen LogP contribution in [-0.2, 0) is 0 Å². The van der Waals surface area contributed by atoms with E-state index in [1.54, 1.807) is 0 Å². The standard InChI is InChI=1S/C7H18N4/c1-5(7(2,3)4)10-6(8)11-9/h5H,9H2,1-4H3,(H3,8,10,11). The molecule has 0 aliphatic rings. The number of rotatable bonds is 1. The molecule has 0 saturated carbocycles. The molecule has 0 aliphatic carbocycles. The van der Waals surface area contributed by atoms with E-state index in [4.69, 9.17) is 11.6 Å². The summed E-state index contributed by atoms with van der Waals surface area (Å²) in [5, 5.41) is 0. The van der Waals surface area contributed by atoms with Crippen LogP contribution in [0.5, 0.6) is 0 Å². The Kier molecular flexibility index (Phi) is 3.32. The van der Waals surface area contributed by atoms with Crippen molar-refractivity contribution in [1.29, 1.82) is 0 Å². The first kappa shape index (κ1) is 10.2. The van der Waals surface area contributed by atoms with Gasteiger partial charge in [0.1, 0.15) is 0 Å². The van der Waals surface area contributed by atoms with Crippen molar-refractivity contribution >= 4 is 5.96 Å². The molecule has 0 fully saturated rings. The van der Waals surface area contributed by atoms with E-state index in [2.05, 4.69) is 31.2 Å². The van der Waals surface area contributed by atoms with Crippen molar-refractivity contribution in [2.75, 3.05) is 0 Å². The topological polar surface area (TPSA) is 76.4 Å².